The zero-order valence-electron chi connectivity index (χ0n) is 7.78. The molecule has 4 heteroatoms. The van der Waals surface area contributed by atoms with E-state index in [0.717, 1.165) is 0 Å². The zero-order valence-corrected chi connectivity index (χ0v) is 8.67. The minimum absolute atomic E-state index is 0.0463. The van der Waals surface area contributed by atoms with E-state index in [1.165, 1.54) is 0 Å². The van der Waals surface area contributed by atoms with Gasteiger partial charge in [0.25, 0.3) is 0 Å². The number of rotatable bonds is 3. The molecule has 0 fully saturated rings. The van der Waals surface area contributed by atoms with E-state index < -0.39 is 0 Å². The van der Waals surface area contributed by atoms with E-state index in [1.807, 2.05) is 0 Å². The predicted molar refractivity (Wildman–Crippen MR) is 58.7 cm³/mol. The van der Waals surface area contributed by atoms with Gasteiger partial charge in [-0.1, -0.05) is 6.92 Å². The van der Waals surface area contributed by atoms with Gasteiger partial charge < -0.3 is 5.32 Å². The highest BCUT2D eigenvalue weighted by atomic mass is 32.1. The molecule has 0 heterocycles. The van der Waals surface area contributed by atoms with Crippen LogP contribution in [0.3, 0.4) is 0 Å². The van der Waals surface area contributed by atoms with Crippen molar-refractivity contribution < 1.29 is 9.59 Å². The van der Waals surface area contributed by atoms with Crippen LogP contribution in [0.5, 0.6) is 0 Å². The van der Waals surface area contributed by atoms with Gasteiger partial charge in [-0.15, -0.1) is 12.6 Å². The normalized spacial score (nSPS) is 9.57. The first-order valence-electron chi connectivity index (χ1n) is 4.26. The van der Waals surface area contributed by atoms with Crippen LogP contribution in [-0.2, 0) is 4.79 Å². The first-order chi connectivity index (χ1) is 6.63. The molecule has 0 radical (unpaired) electrons. The Morgan fingerprint density at radius 1 is 1.29 bits per heavy atom. The van der Waals surface area contributed by atoms with Crippen molar-refractivity contribution in [2.45, 2.75) is 13.3 Å². The number of hydrogen-bond donors (Lipinski definition) is 2. The van der Waals surface area contributed by atoms with Crippen molar-refractivity contribution in [2.24, 2.45) is 0 Å². The van der Waals surface area contributed by atoms with Gasteiger partial charge in [-0.25, -0.2) is 0 Å². The van der Waals surface area contributed by atoms with Crippen molar-refractivity contribution in [3.05, 3.63) is 29.8 Å². The van der Waals surface area contributed by atoms with E-state index in [0.29, 0.717) is 17.7 Å². The molecular weight excluding hydrogens is 198 g/mol. The maximum atomic E-state index is 11.0. The molecule has 0 bridgehead atoms. The SMILES string of the molecule is CCC(=O)Nc1ccc(C(=O)S)cc1. The molecule has 74 valence electrons. The molecule has 1 aromatic carbocycles. The lowest BCUT2D eigenvalue weighted by Gasteiger charge is -2.03. The third kappa shape index (κ3) is 2.88. The zero-order chi connectivity index (χ0) is 10.6. The van der Waals surface area contributed by atoms with Crippen LogP contribution in [0.4, 0.5) is 5.69 Å². The monoisotopic (exact) mass is 209 g/mol. The van der Waals surface area contributed by atoms with Crippen LogP contribution < -0.4 is 5.32 Å². The average molecular weight is 209 g/mol. The fraction of sp³-hybridized carbons (Fsp3) is 0.200. The standard InChI is InChI=1S/C10H11NO2S/c1-2-9(12)11-8-5-3-7(4-6-8)10(13)14/h3-6H,2H2,1H3,(H,11,12)(H,13,14). The summed E-state index contributed by atoms with van der Waals surface area (Å²) in [5, 5.41) is 2.40. The van der Waals surface area contributed by atoms with Gasteiger partial charge in [0.2, 0.25) is 11.0 Å². The molecule has 0 aliphatic rings. The number of anilines is 1. The summed E-state index contributed by atoms with van der Waals surface area (Å²) in [6, 6.07) is 6.61. The van der Waals surface area contributed by atoms with Crippen LogP contribution >= 0.6 is 12.6 Å². The van der Waals surface area contributed by atoms with Crippen molar-refractivity contribution in [3.63, 3.8) is 0 Å². The molecule has 14 heavy (non-hydrogen) atoms. The van der Waals surface area contributed by atoms with Gasteiger partial charge in [0.15, 0.2) is 0 Å². The van der Waals surface area contributed by atoms with Gasteiger partial charge in [0.1, 0.15) is 0 Å². The number of nitrogens with one attached hydrogen (secondary N) is 1. The molecule has 0 spiro atoms. The van der Waals surface area contributed by atoms with Crippen molar-refractivity contribution in [3.8, 4) is 0 Å². The van der Waals surface area contributed by atoms with Crippen LogP contribution in [0.15, 0.2) is 24.3 Å². The number of thiol groups is 1. The van der Waals surface area contributed by atoms with Gasteiger partial charge in [-0.05, 0) is 24.3 Å². The van der Waals surface area contributed by atoms with Gasteiger partial charge in [-0.2, -0.15) is 0 Å². The van der Waals surface area contributed by atoms with Crippen LogP contribution in [0.1, 0.15) is 23.7 Å². The van der Waals surface area contributed by atoms with Gasteiger partial charge >= 0.3 is 0 Å². The molecule has 1 aromatic rings. The Bertz CT molecular complexity index is 346. The van der Waals surface area contributed by atoms with Crippen LogP contribution in [0.25, 0.3) is 0 Å². The Hall–Kier alpha value is -1.29. The van der Waals surface area contributed by atoms with Crippen LogP contribution in [-0.4, -0.2) is 11.0 Å². The smallest absolute Gasteiger partial charge is 0.224 e. The second kappa shape index (κ2) is 4.81. The molecule has 0 aliphatic carbocycles. The van der Waals surface area contributed by atoms with Crippen molar-refractivity contribution in [1.82, 2.24) is 0 Å². The average Bonchev–Trinajstić information content (AvgIpc) is 2.18. The minimum atomic E-state index is -0.279. The molecule has 1 rings (SSSR count). The number of carbonyl (C=O) groups is 2. The Kier molecular flexibility index (Phi) is 3.71. The number of amides is 1. The molecule has 3 nitrogen and oxygen atoms in total. The van der Waals surface area contributed by atoms with E-state index in [9.17, 15) is 9.59 Å². The van der Waals surface area contributed by atoms with Crippen LogP contribution in [0, 0.1) is 0 Å². The van der Waals surface area contributed by atoms with E-state index >= 15 is 0 Å². The molecule has 1 amide bonds. The van der Waals surface area contributed by atoms with Gasteiger partial charge in [0, 0.05) is 17.7 Å². The summed E-state index contributed by atoms with van der Waals surface area (Å²) in [5.74, 6) is -0.0463. The summed E-state index contributed by atoms with van der Waals surface area (Å²) in [6.45, 7) is 1.78. The highest BCUT2D eigenvalue weighted by molar-refractivity contribution is 7.97. The molecule has 1 N–H and O–H groups in total. The molecule has 0 aromatic heterocycles. The van der Waals surface area contributed by atoms with Gasteiger partial charge in [-0.3, -0.25) is 9.59 Å². The molecule has 0 saturated carbocycles. The Morgan fingerprint density at radius 3 is 2.29 bits per heavy atom. The lowest BCUT2D eigenvalue weighted by molar-refractivity contribution is -0.115. The summed E-state index contributed by atoms with van der Waals surface area (Å²) in [5.41, 5.74) is 1.21. The lowest BCUT2D eigenvalue weighted by atomic mass is 10.2. The minimum Gasteiger partial charge on any atom is -0.326 e. The third-order valence-electron chi connectivity index (χ3n) is 1.74. The Morgan fingerprint density at radius 2 is 1.86 bits per heavy atom. The van der Waals surface area contributed by atoms with E-state index in [2.05, 4.69) is 17.9 Å². The summed E-state index contributed by atoms with van der Waals surface area (Å²) >= 11 is 3.68. The molecule has 0 saturated heterocycles. The third-order valence-corrected chi connectivity index (χ3v) is 1.99. The van der Waals surface area contributed by atoms with E-state index in [1.54, 1.807) is 31.2 Å². The number of benzene rings is 1. The first kappa shape index (κ1) is 10.8. The van der Waals surface area contributed by atoms with Gasteiger partial charge in [0.05, 0.1) is 0 Å². The molecule has 0 aliphatic heterocycles. The molecule has 0 atom stereocenters. The highest BCUT2D eigenvalue weighted by Crippen LogP contribution is 2.11. The van der Waals surface area contributed by atoms with E-state index in [-0.39, 0.29) is 11.0 Å². The number of hydrogen-bond acceptors (Lipinski definition) is 2. The Labute approximate surface area is 87.9 Å². The lowest BCUT2D eigenvalue weighted by Crippen LogP contribution is -2.09. The van der Waals surface area contributed by atoms with Crippen molar-refractivity contribution in [2.75, 3.05) is 5.32 Å². The van der Waals surface area contributed by atoms with Crippen LogP contribution in [0.2, 0.25) is 0 Å². The quantitative estimate of drug-likeness (QED) is 0.749. The Balaban J connectivity index is 2.73. The summed E-state index contributed by atoms with van der Waals surface area (Å²) in [7, 11) is 0. The van der Waals surface area contributed by atoms with E-state index in [4.69, 9.17) is 0 Å². The molecule has 0 unspecified atom stereocenters. The largest absolute Gasteiger partial charge is 0.326 e. The highest BCUT2D eigenvalue weighted by Gasteiger charge is 2.01. The fourth-order valence-corrected chi connectivity index (χ4v) is 1.09. The predicted octanol–water partition coefficient (Wildman–Crippen LogP) is 2.11. The maximum absolute atomic E-state index is 11.0. The fourth-order valence-electron chi connectivity index (χ4n) is 0.946. The summed E-state index contributed by atoms with van der Waals surface area (Å²) < 4.78 is 0. The first-order valence-corrected chi connectivity index (χ1v) is 4.71. The second-order valence-corrected chi connectivity index (χ2v) is 3.19. The van der Waals surface area contributed by atoms with Crippen molar-refractivity contribution in [1.29, 1.82) is 0 Å². The maximum Gasteiger partial charge on any atom is 0.224 e. The summed E-state index contributed by atoms with van der Waals surface area (Å²) in [6.07, 6.45) is 0.438. The van der Waals surface area contributed by atoms with Crippen molar-refractivity contribution >= 4 is 29.3 Å². The summed E-state index contributed by atoms with van der Waals surface area (Å²) in [4.78, 5) is 21.8. The topological polar surface area (TPSA) is 46.2 Å². The second-order valence-electron chi connectivity index (χ2n) is 2.78. The number of carbonyl (C=O) groups excluding carboxylic acids is 2. The molecular formula is C10H11NO2S.